The highest BCUT2D eigenvalue weighted by atomic mass is 33.1. The molecule has 4 saturated heterocycles. The van der Waals surface area contributed by atoms with Crippen molar-refractivity contribution in [2.75, 3.05) is 36.1 Å². The van der Waals surface area contributed by atoms with E-state index in [2.05, 4.69) is 21.3 Å². The number of nitrogens with two attached hydrogens (primary N) is 1. The number of hydrogen-bond donors (Lipinski definition) is 5. The third-order valence-electron chi connectivity index (χ3n) is 7.42. The number of unbranched alkanes of at least 4 members (excludes halogenated alkanes) is 2. The zero-order valence-electron chi connectivity index (χ0n) is 21.7. The summed E-state index contributed by atoms with van der Waals surface area (Å²) in [6, 6.07) is 0.627. The van der Waals surface area contributed by atoms with Crippen molar-refractivity contribution in [2.24, 2.45) is 5.73 Å². The molecule has 4 heterocycles. The van der Waals surface area contributed by atoms with E-state index in [1.54, 1.807) is 21.6 Å². The van der Waals surface area contributed by atoms with Crippen LogP contribution in [0.3, 0.4) is 0 Å². The normalized spacial score (nSPS) is 29.3. The average molecular weight is 605 g/mol. The number of fused-ring (bicyclic) bond motifs is 2. The number of hydrogen-bond acceptors (Lipinski definition) is 9. The second-order valence-electron chi connectivity index (χ2n) is 10.1. The van der Waals surface area contributed by atoms with Gasteiger partial charge in [-0.1, -0.05) is 34.4 Å². The lowest BCUT2D eigenvalue weighted by Gasteiger charge is -2.22. The molecule has 0 bridgehead atoms. The summed E-state index contributed by atoms with van der Waals surface area (Å²) in [6.45, 7) is 1.04. The number of thioether (sulfide) groups is 2. The smallest absolute Gasteiger partial charge is 0.315 e. The molecule has 4 rings (SSSR count). The van der Waals surface area contributed by atoms with Crippen LogP contribution < -0.4 is 27.0 Å². The van der Waals surface area contributed by atoms with Gasteiger partial charge in [-0.3, -0.25) is 14.5 Å². The van der Waals surface area contributed by atoms with Crippen LogP contribution in [0.1, 0.15) is 51.4 Å². The summed E-state index contributed by atoms with van der Waals surface area (Å²) in [7, 11) is 3.33. The third-order valence-corrected chi connectivity index (χ3v) is 12.9. The molecular weight excluding hydrogens is 565 g/mol. The predicted octanol–water partition coefficient (Wildman–Crippen LogP) is 2.13. The van der Waals surface area contributed by atoms with Gasteiger partial charge in [-0.25, -0.2) is 9.59 Å². The van der Waals surface area contributed by atoms with Gasteiger partial charge in [0.2, 0.25) is 11.8 Å². The summed E-state index contributed by atoms with van der Waals surface area (Å²) in [5.41, 5.74) is 5.56. The van der Waals surface area contributed by atoms with Crippen LogP contribution in [0.25, 0.3) is 0 Å². The first-order valence-electron chi connectivity index (χ1n) is 13.6. The van der Waals surface area contributed by atoms with E-state index in [0.717, 1.165) is 55.8 Å². The molecule has 0 unspecified atom stereocenters. The van der Waals surface area contributed by atoms with Crippen molar-refractivity contribution in [1.82, 2.24) is 26.2 Å². The molecule has 0 spiro atoms. The summed E-state index contributed by atoms with van der Waals surface area (Å²) in [4.78, 5) is 50.8. The topological polar surface area (TPSA) is 146 Å². The van der Waals surface area contributed by atoms with Gasteiger partial charge in [-0.05, 0) is 25.7 Å². The van der Waals surface area contributed by atoms with Crippen molar-refractivity contribution < 1.29 is 19.2 Å². The number of imide groups is 1. The molecule has 0 saturated carbocycles. The van der Waals surface area contributed by atoms with Gasteiger partial charge in [0, 0.05) is 59.4 Å². The summed E-state index contributed by atoms with van der Waals surface area (Å²) < 4.78 is 0. The van der Waals surface area contributed by atoms with Gasteiger partial charge in [0.15, 0.2) is 0 Å². The molecule has 6 N–H and O–H groups in total. The quantitative estimate of drug-likeness (QED) is 0.102. The van der Waals surface area contributed by atoms with Gasteiger partial charge < -0.3 is 27.0 Å². The van der Waals surface area contributed by atoms with Gasteiger partial charge in [-0.15, -0.1) is 0 Å². The second-order valence-corrected chi connectivity index (χ2v) is 15.4. The summed E-state index contributed by atoms with van der Waals surface area (Å²) in [6.07, 6.45) is 5.95. The van der Waals surface area contributed by atoms with E-state index in [0.29, 0.717) is 42.2 Å². The highest BCUT2D eigenvalue weighted by molar-refractivity contribution is 8.76. The Labute approximate surface area is 241 Å². The van der Waals surface area contributed by atoms with Gasteiger partial charge in [0.05, 0.1) is 24.2 Å². The van der Waals surface area contributed by atoms with Crippen LogP contribution in [0.2, 0.25) is 0 Å². The van der Waals surface area contributed by atoms with E-state index in [9.17, 15) is 19.2 Å². The van der Waals surface area contributed by atoms with E-state index < -0.39 is 0 Å². The standard InChI is InChI=1S/C24H40N6O4S4/c25-9-11-37-38-12-10-30(19(31)7-3-1-5-17-21-15(13-35-17)26-23(33)28-21)20(32)8-4-2-6-18-22-16(14-36-18)27-24(34)29-22/h15-18,21-22H,1-14,25H2,(H2,26,28,33)(H2,27,29,34)/t15-,16-,17-,18-,21-,22-/m0/s1. The Kier molecular flexibility index (Phi) is 12.0. The fourth-order valence-corrected chi connectivity index (χ4v) is 10.4. The molecule has 6 atom stereocenters. The minimum atomic E-state index is -0.0823. The summed E-state index contributed by atoms with van der Waals surface area (Å²) in [5.74, 6) is 3.25. The number of urea groups is 2. The lowest BCUT2D eigenvalue weighted by Crippen LogP contribution is -2.38. The Balaban J connectivity index is 1.16. The highest BCUT2D eigenvalue weighted by Crippen LogP contribution is 2.34. The van der Waals surface area contributed by atoms with Crippen molar-refractivity contribution in [1.29, 1.82) is 0 Å². The van der Waals surface area contributed by atoms with Crippen LogP contribution in [-0.2, 0) is 9.59 Å². The zero-order chi connectivity index (χ0) is 26.9. The lowest BCUT2D eigenvalue weighted by atomic mass is 10.0. The number of amides is 6. The maximum Gasteiger partial charge on any atom is 0.315 e. The Morgan fingerprint density at radius 1 is 0.789 bits per heavy atom. The van der Waals surface area contributed by atoms with Crippen LogP contribution in [-0.4, -0.2) is 99.5 Å². The molecule has 0 radical (unpaired) electrons. The Bertz CT molecular complexity index is 795. The highest BCUT2D eigenvalue weighted by Gasteiger charge is 2.43. The molecule has 4 fully saturated rings. The van der Waals surface area contributed by atoms with Crippen molar-refractivity contribution in [2.45, 2.75) is 86.0 Å². The minimum absolute atomic E-state index is 0.0781. The van der Waals surface area contributed by atoms with E-state index in [1.807, 2.05) is 23.5 Å². The van der Waals surface area contributed by atoms with Gasteiger partial charge in [0.1, 0.15) is 0 Å². The molecule has 0 aliphatic carbocycles. The maximum atomic E-state index is 13.1. The van der Waals surface area contributed by atoms with Crippen molar-refractivity contribution >= 4 is 69.0 Å². The number of nitrogens with one attached hydrogen (secondary N) is 4. The number of rotatable bonds is 16. The van der Waals surface area contributed by atoms with Crippen LogP contribution in [0.4, 0.5) is 9.59 Å². The second kappa shape index (κ2) is 15.2. The first-order chi connectivity index (χ1) is 18.5. The Morgan fingerprint density at radius 3 is 1.79 bits per heavy atom. The minimum Gasteiger partial charge on any atom is -0.332 e. The fourth-order valence-electron chi connectivity index (χ4n) is 5.48. The molecule has 0 aromatic heterocycles. The summed E-state index contributed by atoms with van der Waals surface area (Å²) >= 11 is 3.77. The van der Waals surface area contributed by atoms with Crippen LogP contribution >= 0.6 is 45.1 Å². The SMILES string of the molecule is NCCSSCCN(C(=O)CCCC[C@@H]1SC[C@@H]2NC(=O)N[C@@H]21)C(=O)CCCC[C@@H]1SC[C@@H]2NC(=O)N[C@@H]21. The van der Waals surface area contributed by atoms with Crippen LogP contribution in [0.15, 0.2) is 0 Å². The first-order valence-corrected chi connectivity index (χ1v) is 18.2. The lowest BCUT2D eigenvalue weighted by molar-refractivity contribution is -0.144. The van der Waals surface area contributed by atoms with Gasteiger partial charge in [-0.2, -0.15) is 23.5 Å². The summed E-state index contributed by atoms with van der Waals surface area (Å²) in [5, 5.41) is 12.7. The molecule has 38 heavy (non-hydrogen) atoms. The molecule has 10 nitrogen and oxygen atoms in total. The molecule has 14 heteroatoms. The Morgan fingerprint density at radius 2 is 1.29 bits per heavy atom. The third kappa shape index (κ3) is 8.28. The molecule has 4 aliphatic rings. The molecular formula is C24H40N6O4S4. The first kappa shape index (κ1) is 30.0. The average Bonchev–Trinajstić information content (AvgIpc) is 3.64. The number of carbonyl (C=O) groups excluding carboxylic acids is 4. The number of nitrogens with zero attached hydrogens (tertiary/aromatic N) is 1. The maximum absolute atomic E-state index is 13.1. The van der Waals surface area contributed by atoms with E-state index in [1.165, 1.54) is 4.90 Å². The molecule has 4 aliphatic heterocycles. The van der Waals surface area contributed by atoms with E-state index in [4.69, 9.17) is 5.73 Å². The predicted molar refractivity (Wildman–Crippen MR) is 159 cm³/mol. The number of carbonyl (C=O) groups is 4. The van der Waals surface area contributed by atoms with E-state index >= 15 is 0 Å². The van der Waals surface area contributed by atoms with Crippen LogP contribution in [0.5, 0.6) is 0 Å². The fraction of sp³-hybridized carbons (Fsp3) is 0.833. The van der Waals surface area contributed by atoms with Crippen molar-refractivity contribution in [3.8, 4) is 0 Å². The molecule has 6 amide bonds. The van der Waals surface area contributed by atoms with Gasteiger partial charge >= 0.3 is 12.1 Å². The van der Waals surface area contributed by atoms with E-state index in [-0.39, 0.29) is 48.0 Å². The molecule has 214 valence electrons. The van der Waals surface area contributed by atoms with Crippen molar-refractivity contribution in [3.63, 3.8) is 0 Å². The van der Waals surface area contributed by atoms with Gasteiger partial charge in [0.25, 0.3) is 0 Å². The Hall–Kier alpha value is -0.960. The van der Waals surface area contributed by atoms with Crippen molar-refractivity contribution in [3.05, 3.63) is 0 Å². The van der Waals surface area contributed by atoms with Crippen LogP contribution in [0, 0.1) is 0 Å². The largest absolute Gasteiger partial charge is 0.332 e. The molecule has 0 aromatic carbocycles. The molecule has 0 aromatic rings. The monoisotopic (exact) mass is 604 g/mol. The zero-order valence-corrected chi connectivity index (χ0v) is 24.9.